The molecule has 1 amide bonds. The molecule has 0 spiro atoms. The maximum atomic E-state index is 12.8. The fourth-order valence-electron chi connectivity index (χ4n) is 3.21. The van der Waals surface area contributed by atoms with Crippen molar-refractivity contribution >= 4 is 15.9 Å². The van der Waals surface area contributed by atoms with Gasteiger partial charge >= 0.3 is 0 Å². The van der Waals surface area contributed by atoms with Crippen molar-refractivity contribution in [3.05, 3.63) is 89.5 Å². The molecule has 3 aromatic carbocycles. The van der Waals surface area contributed by atoms with E-state index in [0.717, 1.165) is 16.9 Å². The summed E-state index contributed by atoms with van der Waals surface area (Å²) in [6.45, 7) is 5.97. The molecule has 0 saturated heterocycles. The van der Waals surface area contributed by atoms with Gasteiger partial charge in [0.05, 0.1) is 7.11 Å². The number of ether oxygens (including phenoxy) is 2. The smallest absolute Gasteiger partial charge is 0.251 e. The average molecular weight is 483 g/mol. The van der Waals surface area contributed by atoms with Crippen LogP contribution in [0.5, 0.6) is 11.5 Å². The van der Waals surface area contributed by atoms with Crippen LogP contribution < -0.4 is 19.5 Å². The van der Waals surface area contributed by atoms with Crippen LogP contribution in [0.25, 0.3) is 0 Å². The Hall–Kier alpha value is -3.36. The van der Waals surface area contributed by atoms with Crippen molar-refractivity contribution < 1.29 is 22.7 Å². The summed E-state index contributed by atoms with van der Waals surface area (Å²) in [6, 6.07) is 21.6. The molecule has 0 atom stereocenters. The van der Waals surface area contributed by atoms with Crippen LogP contribution in [-0.4, -0.2) is 27.0 Å². The SMILES string of the molecule is COc1ccc(C(=O)NCc2ccc(COc3ccccc3)cc2)cc1S(=O)(=O)NC(C)(C)C. The van der Waals surface area contributed by atoms with E-state index in [0.29, 0.717) is 13.2 Å². The predicted octanol–water partition coefficient (Wildman–Crippen LogP) is 4.28. The number of benzene rings is 3. The molecular formula is C26H30N2O5S. The molecule has 0 fully saturated rings. The first-order chi connectivity index (χ1) is 16.1. The molecule has 8 heteroatoms. The predicted molar refractivity (Wildman–Crippen MR) is 131 cm³/mol. The molecule has 2 N–H and O–H groups in total. The first kappa shape index (κ1) is 25.3. The molecule has 0 unspecified atom stereocenters. The number of rotatable bonds is 9. The van der Waals surface area contributed by atoms with Gasteiger partial charge in [-0.2, -0.15) is 0 Å². The second-order valence-corrected chi connectivity index (χ2v) is 10.5. The van der Waals surface area contributed by atoms with Gasteiger partial charge in [0.25, 0.3) is 5.91 Å². The van der Waals surface area contributed by atoms with Crippen LogP contribution in [0.3, 0.4) is 0 Å². The van der Waals surface area contributed by atoms with Crippen LogP contribution in [0.2, 0.25) is 0 Å². The standard InChI is InChI=1S/C26H30N2O5S/c1-26(2,3)28-34(30,31)24-16-21(14-15-23(24)32-4)25(29)27-17-19-10-12-20(13-11-19)18-33-22-8-6-5-7-9-22/h5-16,28H,17-18H2,1-4H3,(H,27,29). The number of nitrogens with one attached hydrogen (secondary N) is 2. The number of sulfonamides is 1. The molecule has 0 aliphatic rings. The Morgan fingerprint density at radius 3 is 2.18 bits per heavy atom. The van der Waals surface area contributed by atoms with Gasteiger partial charge in [-0.1, -0.05) is 42.5 Å². The normalized spacial score (nSPS) is 11.6. The van der Waals surface area contributed by atoms with Gasteiger partial charge < -0.3 is 14.8 Å². The van der Waals surface area contributed by atoms with E-state index < -0.39 is 15.6 Å². The summed E-state index contributed by atoms with van der Waals surface area (Å²) >= 11 is 0. The van der Waals surface area contributed by atoms with E-state index in [1.807, 2.05) is 54.6 Å². The Labute approximate surface area is 201 Å². The molecule has 3 aromatic rings. The Morgan fingerprint density at radius 2 is 1.56 bits per heavy atom. The van der Waals surface area contributed by atoms with Gasteiger partial charge in [0, 0.05) is 17.6 Å². The van der Waals surface area contributed by atoms with Crippen molar-refractivity contribution in [3.63, 3.8) is 0 Å². The monoisotopic (exact) mass is 482 g/mol. The van der Waals surface area contributed by atoms with Crippen molar-refractivity contribution in [1.82, 2.24) is 10.0 Å². The summed E-state index contributed by atoms with van der Waals surface area (Å²) in [4.78, 5) is 12.6. The third-order valence-corrected chi connectivity index (χ3v) is 6.56. The van der Waals surface area contributed by atoms with Crippen molar-refractivity contribution in [2.24, 2.45) is 0 Å². The number of methoxy groups -OCH3 is 1. The zero-order valence-corrected chi connectivity index (χ0v) is 20.6. The molecule has 0 heterocycles. The van der Waals surface area contributed by atoms with E-state index in [-0.39, 0.29) is 22.1 Å². The summed E-state index contributed by atoms with van der Waals surface area (Å²) in [5.74, 6) is 0.588. The van der Waals surface area contributed by atoms with Gasteiger partial charge in [-0.25, -0.2) is 13.1 Å². The van der Waals surface area contributed by atoms with E-state index >= 15 is 0 Å². The molecule has 34 heavy (non-hydrogen) atoms. The lowest BCUT2D eigenvalue weighted by molar-refractivity contribution is 0.0950. The highest BCUT2D eigenvalue weighted by Gasteiger charge is 2.26. The van der Waals surface area contributed by atoms with Gasteiger partial charge in [-0.3, -0.25) is 4.79 Å². The van der Waals surface area contributed by atoms with Gasteiger partial charge in [0.15, 0.2) is 0 Å². The molecule has 0 aliphatic carbocycles. The second kappa shape index (κ2) is 10.7. The van der Waals surface area contributed by atoms with Gasteiger partial charge in [0.1, 0.15) is 23.0 Å². The summed E-state index contributed by atoms with van der Waals surface area (Å²) < 4.78 is 39.2. The maximum Gasteiger partial charge on any atom is 0.251 e. The highest BCUT2D eigenvalue weighted by molar-refractivity contribution is 7.89. The van der Waals surface area contributed by atoms with Crippen molar-refractivity contribution in [2.75, 3.05) is 7.11 Å². The fourth-order valence-corrected chi connectivity index (χ4v) is 4.82. The summed E-state index contributed by atoms with van der Waals surface area (Å²) in [7, 11) is -2.49. The summed E-state index contributed by atoms with van der Waals surface area (Å²) in [5, 5.41) is 2.83. The van der Waals surface area contributed by atoms with Crippen LogP contribution >= 0.6 is 0 Å². The number of carbonyl (C=O) groups is 1. The van der Waals surface area contributed by atoms with Crippen LogP contribution in [0.1, 0.15) is 42.3 Å². The van der Waals surface area contributed by atoms with E-state index in [2.05, 4.69) is 10.0 Å². The Kier molecular flexibility index (Phi) is 7.96. The molecule has 3 rings (SSSR count). The number of hydrogen-bond donors (Lipinski definition) is 2. The third-order valence-electron chi connectivity index (χ3n) is 4.78. The molecule has 0 aliphatic heterocycles. The van der Waals surface area contributed by atoms with Gasteiger partial charge in [-0.15, -0.1) is 0 Å². The lowest BCUT2D eigenvalue weighted by Gasteiger charge is -2.21. The highest BCUT2D eigenvalue weighted by atomic mass is 32.2. The van der Waals surface area contributed by atoms with E-state index in [1.54, 1.807) is 20.8 Å². The van der Waals surface area contributed by atoms with Gasteiger partial charge in [-0.05, 0) is 62.2 Å². The van der Waals surface area contributed by atoms with Crippen molar-refractivity contribution in [3.8, 4) is 11.5 Å². The lowest BCUT2D eigenvalue weighted by atomic mass is 10.1. The minimum Gasteiger partial charge on any atom is -0.495 e. The summed E-state index contributed by atoms with van der Waals surface area (Å²) in [6.07, 6.45) is 0. The third kappa shape index (κ3) is 7.07. The molecule has 0 saturated carbocycles. The quantitative estimate of drug-likeness (QED) is 0.475. The Bertz CT molecular complexity index is 1220. The average Bonchev–Trinajstić information content (AvgIpc) is 2.80. The molecule has 7 nitrogen and oxygen atoms in total. The lowest BCUT2D eigenvalue weighted by Crippen LogP contribution is -2.40. The summed E-state index contributed by atoms with van der Waals surface area (Å²) in [5.41, 5.74) is 1.46. The molecule has 0 bridgehead atoms. The fraction of sp³-hybridized carbons (Fsp3) is 0.269. The van der Waals surface area contributed by atoms with Crippen LogP contribution in [0, 0.1) is 0 Å². The second-order valence-electron chi connectivity index (χ2n) is 8.82. The molecule has 180 valence electrons. The van der Waals surface area contributed by atoms with Crippen molar-refractivity contribution in [2.45, 2.75) is 44.4 Å². The molecule has 0 radical (unpaired) electrons. The Balaban J connectivity index is 1.64. The van der Waals surface area contributed by atoms with Gasteiger partial charge in [0.2, 0.25) is 10.0 Å². The first-order valence-corrected chi connectivity index (χ1v) is 12.3. The van der Waals surface area contributed by atoms with Crippen LogP contribution in [-0.2, 0) is 23.2 Å². The number of para-hydroxylation sites is 1. The van der Waals surface area contributed by atoms with Crippen LogP contribution in [0.4, 0.5) is 0 Å². The van der Waals surface area contributed by atoms with Crippen LogP contribution in [0.15, 0.2) is 77.7 Å². The number of carbonyl (C=O) groups excluding carboxylic acids is 1. The Morgan fingerprint density at radius 1 is 0.912 bits per heavy atom. The molecular weight excluding hydrogens is 452 g/mol. The van der Waals surface area contributed by atoms with E-state index in [9.17, 15) is 13.2 Å². The molecule has 0 aromatic heterocycles. The highest BCUT2D eigenvalue weighted by Crippen LogP contribution is 2.26. The van der Waals surface area contributed by atoms with E-state index in [4.69, 9.17) is 9.47 Å². The minimum absolute atomic E-state index is 0.0830. The number of amides is 1. The topological polar surface area (TPSA) is 93.7 Å². The zero-order chi connectivity index (χ0) is 24.8. The minimum atomic E-state index is -3.88. The zero-order valence-electron chi connectivity index (χ0n) is 19.8. The number of hydrogen-bond acceptors (Lipinski definition) is 5. The van der Waals surface area contributed by atoms with Crippen molar-refractivity contribution in [1.29, 1.82) is 0 Å². The maximum absolute atomic E-state index is 12.8. The van der Waals surface area contributed by atoms with E-state index in [1.165, 1.54) is 25.3 Å². The first-order valence-electron chi connectivity index (χ1n) is 10.8. The largest absolute Gasteiger partial charge is 0.495 e.